The molecule has 0 aliphatic rings. The summed E-state index contributed by atoms with van der Waals surface area (Å²) in [5.41, 5.74) is 0.934. The molecule has 2 aromatic rings. The van der Waals surface area contributed by atoms with Crippen LogP contribution in [0.4, 0.5) is 0 Å². The lowest BCUT2D eigenvalue weighted by atomic mass is 10.3. The van der Waals surface area contributed by atoms with Crippen molar-refractivity contribution >= 4 is 49.6 Å². The number of rotatable bonds is 0. The number of aromatic amines is 1. The van der Waals surface area contributed by atoms with Gasteiger partial charge in [0.15, 0.2) is 0 Å². The molecule has 0 saturated carbocycles. The van der Waals surface area contributed by atoms with Gasteiger partial charge in [0.1, 0.15) is 5.65 Å². The van der Waals surface area contributed by atoms with Gasteiger partial charge in [-0.15, -0.1) is 0 Å². The summed E-state index contributed by atoms with van der Waals surface area (Å²) in [6.07, 6.45) is 3.70. The highest BCUT2D eigenvalue weighted by Crippen LogP contribution is 2.26. The van der Waals surface area contributed by atoms with E-state index in [2.05, 4.69) is 48.5 Å². The predicted molar refractivity (Wildman–Crippen MR) is 56.5 cm³/mol. The Bertz CT molecular complexity index is 396. The standard InChI is InChI=1S/C7H4BrIN2/c8-4-3-11-7-6(4)5(9)1-2-10-7/h1-3H,(H,10,11). The van der Waals surface area contributed by atoms with Crippen molar-refractivity contribution in [2.24, 2.45) is 0 Å². The Morgan fingerprint density at radius 2 is 2.36 bits per heavy atom. The van der Waals surface area contributed by atoms with Crippen molar-refractivity contribution in [3.63, 3.8) is 0 Å². The van der Waals surface area contributed by atoms with Crippen LogP contribution in [0.3, 0.4) is 0 Å². The summed E-state index contributed by atoms with van der Waals surface area (Å²) < 4.78 is 2.28. The maximum Gasteiger partial charge on any atom is 0.139 e. The Morgan fingerprint density at radius 1 is 1.55 bits per heavy atom. The van der Waals surface area contributed by atoms with Crippen molar-refractivity contribution in [1.29, 1.82) is 0 Å². The van der Waals surface area contributed by atoms with Crippen LogP contribution in [0.2, 0.25) is 0 Å². The van der Waals surface area contributed by atoms with Crippen LogP contribution in [-0.2, 0) is 0 Å². The highest BCUT2D eigenvalue weighted by Gasteiger charge is 2.03. The second-order valence-electron chi connectivity index (χ2n) is 2.15. The summed E-state index contributed by atoms with van der Waals surface area (Å²) in [5.74, 6) is 0. The highest BCUT2D eigenvalue weighted by atomic mass is 127. The molecule has 0 fully saturated rings. The van der Waals surface area contributed by atoms with Gasteiger partial charge in [-0.05, 0) is 44.6 Å². The zero-order valence-electron chi connectivity index (χ0n) is 5.44. The monoisotopic (exact) mass is 322 g/mol. The van der Waals surface area contributed by atoms with Crippen LogP contribution in [0.1, 0.15) is 0 Å². The van der Waals surface area contributed by atoms with Crippen LogP contribution in [-0.4, -0.2) is 9.97 Å². The lowest BCUT2D eigenvalue weighted by Crippen LogP contribution is -1.77. The minimum Gasteiger partial charge on any atom is -0.345 e. The summed E-state index contributed by atoms with van der Waals surface area (Å²) in [6, 6.07) is 1.99. The van der Waals surface area contributed by atoms with Gasteiger partial charge in [0.05, 0.1) is 0 Å². The normalized spacial score (nSPS) is 10.7. The van der Waals surface area contributed by atoms with E-state index in [1.165, 1.54) is 3.57 Å². The maximum absolute atomic E-state index is 4.17. The van der Waals surface area contributed by atoms with Crippen LogP contribution < -0.4 is 0 Å². The fraction of sp³-hybridized carbons (Fsp3) is 0. The molecule has 0 aliphatic carbocycles. The van der Waals surface area contributed by atoms with Gasteiger partial charge in [0.2, 0.25) is 0 Å². The zero-order chi connectivity index (χ0) is 7.84. The number of nitrogens with one attached hydrogen (secondary N) is 1. The number of nitrogens with zero attached hydrogens (tertiary/aromatic N) is 1. The molecule has 0 spiro atoms. The second-order valence-corrected chi connectivity index (χ2v) is 4.17. The van der Waals surface area contributed by atoms with Crippen molar-refractivity contribution in [2.75, 3.05) is 0 Å². The quantitative estimate of drug-likeness (QED) is 0.742. The largest absolute Gasteiger partial charge is 0.345 e. The third kappa shape index (κ3) is 1.18. The molecule has 0 radical (unpaired) electrons. The molecule has 0 atom stereocenters. The number of H-pyrrole nitrogens is 1. The molecule has 2 rings (SSSR count). The van der Waals surface area contributed by atoms with E-state index in [1.54, 1.807) is 6.20 Å². The first-order valence-corrected chi connectivity index (χ1v) is 4.93. The first kappa shape index (κ1) is 7.54. The molecule has 2 aromatic heterocycles. The van der Waals surface area contributed by atoms with Gasteiger partial charge in [-0.3, -0.25) is 0 Å². The van der Waals surface area contributed by atoms with E-state index in [4.69, 9.17) is 0 Å². The molecule has 11 heavy (non-hydrogen) atoms. The van der Waals surface area contributed by atoms with Crippen molar-refractivity contribution in [3.05, 3.63) is 26.5 Å². The van der Waals surface area contributed by atoms with Crippen LogP contribution in [0.25, 0.3) is 11.0 Å². The SMILES string of the molecule is Brc1c[nH]c2nccc(I)c12. The van der Waals surface area contributed by atoms with Crippen LogP contribution >= 0.6 is 38.5 Å². The summed E-state index contributed by atoms with van der Waals surface area (Å²) in [5, 5.41) is 1.16. The van der Waals surface area contributed by atoms with E-state index >= 15 is 0 Å². The Morgan fingerprint density at radius 3 is 3.09 bits per heavy atom. The molecule has 0 unspecified atom stereocenters. The van der Waals surface area contributed by atoms with Gasteiger partial charge < -0.3 is 4.98 Å². The number of halogens is 2. The third-order valence-electron chi connectivity index (χ3n) is 1.47. The number of hydrogen-bond acceptors (Lipinski definition) is 1. The molecule has 0 bridgehead atoms. The molecule has 0 aromatic carbocycles. The molecule has 1 N–H and O–H groups in total. The molecule has 0 amide bonds. The van der Waals surface area contributed by atoms with Gasteiger partial charge in [0, 0.05) is 25.8 Å². The smallest absolute Gasteiger partial charge is 0.139 e. The van der Waals surface area contributed by atoms with E-state index in [0.29, 0.717) is 0 Å². The Hall–Kier alpha value is -0.100. The highest BCUT2D eigenvalue weighted by molar-refractivity contribution is 14.1. The van der Waals surface area contributed by atoms with E-state index in [0.717, 1.165) is 15.5 Å². The Labute approximate surface area is 85.7 Å². The van der Waals surface area contributed by atoms with Gasteiger partial charge in [-0.1, -0.05) is 0 Å². The minimum absolute atomic E-state index is 0.934. The topological polar surface area (TPSA) is 28.7 Å². The van der Waals surface area contributed by atoms with Crippen molar-refractivity contribution in [3.8, 4) is 0 Å². The number of fused-ring (bicyclic) bond motifs is 1. The van der Waals surface area contributed by atoms with E-state index in [9.17, 15) is 0 Å². The van der Waals surface area contributed by atoms with Crippen molar-refractivity contribution in [2.45, 2.75) is 0 Å². The van der Waals surface area contributed by atoms with Crippen LogP contribution in [0.15, 0.2) is 22.9 Å². The number of pyridine rings is 1. The molecule has 4 heteroatoms. The van der Waals surface area contributed by atoms with Gasteiger partial charge in [0.25, 0.3) is 0 Å². The van der Waals surface area contributed by atoms with E-state index in [1.807, 2.05) is 12.3 Å². The Kier molecular flexibility index (Phi) is 1.88. The lowest BCUT2D eigenvalue weighted by molar-refractivity contribution is 1.32. The average molecular weight is 323 g/mol. The summed E-state index contributed by atoms with van der Waals surface area (Å²) in [7, 11) is 0. The summed E-state index contributed by atoms with van der Waals surface area (Å²) in [6.45, 7) is 0. The van der Waals surface area contributed by atoms with Crippen LogP contribution in [0, 0.1) is 3.57 Å². The third-order valence-corrected chi connectivity index (χ3v) is 3.00. The van der Waals surface area contributed by atoms with Crippen molar-refractivity contribution in [1.82, 2.24) is 9.97 Å². The van der Waals surface area contributed by atoms with E-state index in [-0.39, 0.29) is 0 Å². The minimum atomic E-state index is 0.934. The molecule has 0 aliphatic heterocycles. The van der Waals surface area contributed by atoms with Gasteiger partial charge in [-0.2, -0.15) is 0 Å². The fourth-order valence-corrected chi connectivity index (χ4v) is 2.57. The molecule has 56 valence electrons. The van der Waals surface area contributed by atoms with Crippen LogP contribution in [0.5, 0.6) is 0 Å². The number of aromatic nitrogens is 2. The molecule has 2 heterocycles. The second kappa shape index (κ2) is 2.75. The molecular formula is C7H4BrIN2. The van der Waals surface area contributed by atoms with Crippen molar-refractivity contribution < 1.29 is 0 Å². The summed E-state index contributed by atoms with van der Waals surface area (Å²) >= 11 is 5.73. The lowest BCUT2D eigenvalue weighted by Gasteiger charge is -1.91. The summed E-state index contributed by atoms with van der Waals surface area (Å²) in [4.78, 5) is 7.24. The average Bonchev–Trinajstić information content (AvgIpc) is 2.34. The van der Waals surface area contributed by atoms with Gasteiger partial charge >= 0.3 is 0 Å². The Balaban J connectivity index is 2.96. The fourth-order valence-electron chi connectivity index (χ4n) is 0.979. The van der Waals surface area contributed by atoms with Gasteiger partial charge in [-0.25, -0.2) is 4.98 Å². The maximum atomic E-state index is 4.17. The molecule has 0 saturated heterocycles. The first-order valence-electron chi connectivity index (χ1n) is 3.06. The predicted octanol–water partition coefficient (Wildman–Crippen LogP) is 2.93. The molecule has 2 nitrogen and oxygen atoms in total. The zero-order valence-corrected chi connectivity index (χ0v) is 9.18. The molecular weight excluding hydrogens is 319 g/mol. The van der Waals surface area contributed by atoms with E-state index < -0.39 is 0 Å². The first-order chi connectivity index (χ1) is 5.29. The number of hydrogen-bond donors (Lipinski definition) is 1.